The molecule has 4 aromatic rings. The number of ether oxygens (including phenoxy) is 1. The highest BCUT2D eigenvalue weighted by atomic mass is 35.5. The third kappa shape index (κ3) is 5.29. The van der Waals surface area contributed by atoms with Crippen LogP contribution in [-0.2, 0) is 10.5 Å². The fraction of sp³-hybridized carbons (Fsp3) is 0.192. The van der Waals surface area contributed by atoms with E-state index in [1.807, 2.05) is 6.07 Å². The van der Waals surface area contributed by atoms with Gasteiger partial charge < -0.3 is 14.9 Å². The van der Waals surface area contributed by atoms with Crippen LogP contribution in [0.4, 0.5) is 5.13 Å². The number of anilines is 1. The molecule has 0 fully saturated rings. The molecule has 2 N–H and O–H groups in total. The van der Waals surface area contributed by atoms with Gasteiger partial charge in [-0.2, -0.15) is 0 Å². The van der Waals surface area contributed by atoms with Crippen LogP contribution < -0.4 is 9.64 Å². The summed E-state index contributed by atoms with van der Waals surface area (Å²) in [5, 5.41) is 31.5. The molecule has 1 aliphatic heterocycles. The Hall–Kier alpha value is -3.16. The fourth-order valence-electron chi connectivity index (χ4n) is 4.21. The Kier molecular flexibility index (Phi) is 8.07. The highest BCUT2D eigenvalue weighted by Crippen LogP contribution is 2.46. The number of aliphatic hydroxyl groups excluding tert-OH is 1. The molecule has 1 atom stereocenters. The first kappa shape index (κ1) is 28.4. The summed E-state index contributed by atoms with van der Waals surface area (Å²) in [4.78, 5) is 33.1. The van der Waals surface area contributed by atoms with Crippen molar-refractivity contribution < 1.29 is 24.5 Å². The minimum Gasteiger partial charge on any atom is -0.504 e. The average Bonchev–Trinajstić information content (AvgIpc) is 3.59. The number of aromatic hydroxyl groups is 1. The van der Waals surface area contributed by atoms with Crippen molar-refractivity contribution in [1.29, 1.82) is 0 Å². The molecular formula is C26H20Cl2N4O5S3. The van der Waals surface area contributed by atoms with Gasteiger partial charge in [-0.15, -0.1) is 21.5 Å². The van der Waals surface area contributed by atoms with Gasteiger partial charge in [-0.3, -0.25) is 14.5 Å². The minimum absolute atomic E-state index is 0.118. The first-order valence-corrected chi connectivity index (χ1v) is 15.0. The first-order chi connectivity index (χ1) is 19.1. The lowest BCUT2D eigenvalue weighted by atomic mass is 9.95. The quantitative estimate of drug-likeness (QED) is 0.123. The zero-order valence-electron chi connectivity index (χ0n) is 21.1. The van der Waals surface area contributed by atoms with Crippen LogP contribution in [0.25, 0.3) is 0 Å². The van der Waals surface area contributed by atoms with E-state index in [1.165, 1.54) is 47.2 Å². The second-order valence-corrected chi connectivity index (χ2v) is 12.8. The van der Waals surface area contributed by atoms with Crippen LogP contribution in [0.2, 0.25) is 10.0 Å². The van der Waals surface area contributed by atoms with Crippen molar-refractivity contribution in [3.63, 3.8) is 0 Å². The summed E-state index contributed by atoms with van der Waals surface area (Å²) in [6.45, 7) is 3.47. The van der Waals surface area contributed by atoms with Crippen molar-refractivity contribution in [2.75, 3.05) is 12.0 Å². The van der Waals surface area contributed by atoms with E-state index < -0.39 is 23.5 Å². The van der Waals surface area contributed by atoms with E-state index in [2.05, 4.69) is 15.2 Å². The Labute approximate surface area is 251 Å². The summed E-state index contributed by atoms with van der Waals surface area (Å²) in [7, 11) is 1.39. The molecule has 40 heavy (non-hydrogen) atoms. The number of methoxy groups -OCH3 is 1. The highest BCUT2D eigenvalue weighted by molar-refractivity contribution is 8.00. The van der Waals surface area contributed by atoms with Gasteiger partial charge in [0, 0.05) is 15.8 Å². The monoisotopic (exact) mass is 634 g/mol. The third-order valence-corrected chi connectivity index (χ3v) is 9.81. The molecule has 0 bridgehead atoms. The Balaban J connectivity index is 1.53. The molecular weight excluding hydrogens is 615 g/mol. The summed E-state index contributed by atoms with van der Waals surface area (Å²) in [6.07, 6.45) is 0. The Morgan fingerprint density at radius 2 is 1.90 bits per heavy atom. The molecule has 3 heterocycles. The van der Waals surface area contributed by atoms with Crippen LogP contribution in [0.1, 0.15) is 37.5 Å². The predicted molar refractivity (Wildman–Crippen MR) is 156 cm³/mol. The van der Waals surface area contributed by atoms with Crippen LogP contribution in [0.5, 0.6) is 11.5 Å². The van der Waals surface area contributed by atoms with E-state index in [9.17, 15) is 19.8 Å². The van der Waals surface area contributed by atoms with Crippen LogP contribution in [-0.4, -0.2) is 44.2 Å². The van der Waals surface area contributed by atoms with Gasteiger partial charge in [0.05, 0.1) is 34.3 Å². The van der Waals surface area contributed by atoms with Crippen LogP contribution in [0.15, 0.2) is 52.1 Å². The summed E-state index contributed by atoms with van der Waals surface area (Å²) in [5.41, 5.74) is 1.64. The van der Waals surface area contributed by atoms with Crippen LogP contribution >= 0.6 is 57.6 Å². The predicted octanol–water partition coefficient (Wildman–Crippen LogP) is 6.71. The van der Waals surface area contributed by atoms with E-state index in [-0.39, 0.29) is 22.2 Å². The van der Waals surface area contributed by atoms with E-state index in [4.69, 9.17) is 27.9 Å². The van der Waals surface area contributed by atoms with Gasteiger partial charge in [-0.05, 0) is 49.2 Å². The van der Waals surface area contributed by atoms with Crippen molar-refractivity contribution in [3.05, 3.63) is 84.5 Å². The second kappa shape index (κ2) is 11.4. The summed E-state index contributed by atoms with van der Waals surface area (Å²) < 4.78 is 5.81. The number of carbonyl (C=O) groups excluding carboxylic acids is 2. The van der Waals surface area contributed by atoms with Gasteiger partial charge in [0.1, 0.15) is 0 Å². The Bertz CT molecular complexity index is 1690. The van der Waals surface area contributed by atoms with Crippen molar-refractivity contribution in [1.82, 2.24) is 15.2 Å². The number of carbonyl (C=O) groups is 2. The number of thioether (sulfide) groups is 1. The molecule has 2 aromatic heterocycles. The van der Waals surface area contributed by atoms with Crippen molar-refractivity contribution >= 4 is 74.5 Å². The highest BCUT2D eigenvalue weighted by Gasteiger charge is 2.47. The zero-order valence-corrected chi connectivity index (χ0v) is 25.1. The number of Topliss-reactive ketones (excluding diaryl/α,β-unsaturated/α-hetero) is 1. The number of thiazole rings is 1. The van der Waals surface area contributed by atoms with Gasteiger partial charge >= 0.3 is 0 Å². The SMILES string of the molecule is COc1cc(C2C(C(=O)c3sc(C)nc3C)=C(O)C(=O)N2c2nnc(SCc3ccc(Cl)cc3Cl)s2)ccc1O. The van der Waals surface area contributed by atoms with Gasteiger partial charge in [-0.25, -0.2) is 4.98 Å². The van der Waals surface area contributed by atoms with Gasteiger partial charge in [0.15, 0.2) is 21.6 Å². The molecule has 14 heteroatoms. The molecule has 5 rings (SSSR count). The van der Waals surface area contributed by atoms with Crippen molar-refractivity contribution in [2.24, 2.45) is 0 Å². The number of rotatable bonds is 8. The number of amides is 1. The Morgan fingerprint density at radius 1 is 1.12 bits per heavy atom. The molecule has 2 aromatic carbocycles. The van der Waals surface area contributed by atoms with E-state index in [0.717, 1.165) is 16.9 Å². The fourth-order valence-corrected chi connectivity index (χ4v) is 7.51. The second-order valence-electron chi connectivity index (χ2n) is 8.62. The number of phenolic OH excluding ortho intramolecular Hbond substituents is 1. The maximum absolute atomic E-state index is 13.8. The number of hydrogen-bond donors (Lipinski definition) is 2. The molecule has 0 saturated carbocycles. The number of nitrogens with zero attached hydrogens (tertiary/aromatic N) is 4. The molecule has 0 radical (unpaired) electrons. The van der Waals surface area contributed by atoms with Gasteiger partial charge in [0.25, 0.3) is 5.91 Å². The van der Waals surface area contributed by atoms with Crippen molar-refractivity contribution in [2.45, 2.75) is 30.0 Å². The number of aliphatic hydroxyl groups is 1. The van der Waals surface area contributed by atoms with Gasteiger partial charge in [0.2, 0.25) is 10.9 Å². The largest absolute Gasteiger partial charge is 0.504 e. The number of benzene rings is 2. The molecule has 0 spiro atoms. The number of hydrogen-bond acceptors (Lipinski definition) is 11. The number of aryl methyl sites for hydroxylation is 2. The number of halogens is 2. The molecule has 1 aliphatic rings. The molecule has 1 amide bonds. The van der Waals surface area contributed by atoms with Crippen molar-refractivity contribution in [3.8, 4) is 11.5 Å². The summed E-state index contributed by atoms with van der Waals surface area (Å²) in [5.74, 6) is -1.51. The van der Waals surface area contributed by atoms with E-state index in [0.29, 0.717) is 41.3 Å². The molecule has 1 unspecified atom stereocenters. The minimum atomic E-state index is -1.06. The summed E-state index contributed by atoms with van der Waals surface area (Å²) in [6, 6.07) is 8.62. The molecule has 0 aliphatic carbocycles. The van der Waals surface area contributed by atoms with Gasteiger partial charge in [-0.1, -0.05) is 58.4 Å². The van der Waals surface area contributed by atoms with E-state index in [1.54, 1.807) is 32.0 Å². The zero-order chi connectivity index (χ0) is 28.7. The average molecular weight is 636 g/mol. The number of phenols is 1. The normalized spacial score (nSPS) is 15.3. The lowest BCUT2D eigenvalue weighted by molar-refractivity contribution is -0.117. The van der Waals surface area contributed by atoms with Crippen LogP contribution in [0.3, 0.4) is 0 Å². The Morgan fingerprint density at radius 3 is 2.58 bits per heavy atom. The third-order valence-electron chi connectivity index (χ3n) is 6.05. The molecule has 0 saturated heterocycles. The lowest BCUT2D eigenvalue weighted by Gasteiger charge is -2.24. The standard InChI is InChI=1S/C26H20Cl2N4O5S3/c1-11-23(39-12(2)29-11)21(34)19-20(13-5-7-17(33)18(8-13)37-3)32(24(36)22(19)35)25-30-31-26(40-25)38-10-14-4-6-15(27)9-16(14)28/h4-9,20,33,35H,10H2,1-3H3. The maximum Gasteiger partial charge on any atom is 0.296 e. The smallest absolute Gasteiger partial charge is 0.296 e. The van der Waals surface area contributed by atoms with Crippen LogP contribution in [0, 0.1) is 13.8 Å². The number of aromatic nitrogens is 3. The lowest BCUT2D eigenvalue weighted by Crippen LogP contribution is -2.31. The van der Waals surface area contributed by atoms with E-state index >= 15 is 0 Å². The summed E-state index contributed by atoms with van der Waals surface area (Å²) >= 11 is 16.0. The molecule has 206 valence electrons. The molecule has 9 nitrogen and oxygen atoms in total. The first-order valence-electron chi connectivity index (χ1n) is 11.6. The topological polar surface area (TPSA) is 126 Å². The number of ketones is 1. The maximum atomic E-state index is 13.8.